The Balaban J connectivity index is 1.25. The van der Waals surface area contributed by atoms with Crippen LogP contribution in [0.3, 0.4) is 0 Å². The number of benzene rings is 1. The molecule has 0 aromatic heterocycles. The third-order valence-corrected chi connectivity index (χ3v) is 8.79. The Morgan fingerprint density at radius 3 is 2.18 bits per heavy atom. The van der Waals surface area contributed by atoms with Gasteiger partial charge in [0.15, 0.2) is 0 Å². The number of ether oxygens (including phenoxy) is 1. The van der Waals surface area contributed by atoms with Gasteiger partial charge in [-0.05, 0) is 44.0 Å². The molecule has 1 aromatic rings. The predicted molar refractivity (Wildman–Crippen MR) is 128 cm³/mol. The van der Waals surface area contributed by atoms with E-state index in [1.807, 2.05) is 11.8 Å². The van der Waals surface area contributed by atoms with E-state index in [0.29, 0.717) is 38.5 Å². The second-order valence-corrected chi connectivity index (χ2v) is 11.0. The lowest BCUT2D eigenvalue weighted by molar-refractivity contribution is -0.132. The number of piperazine rings is 1. The first-order valence-corrected chi connectivity index (χ1v) is 13.5. The van der Waals surface area contributed by atoms with E-state index in [-0.39, 0.29) is 22.8 Å². The number of morpholine rings is 1. The maximum Gasteiger partial charge on any atom is 0.243 e. The minimum absolute atomic E-state index is 0.134. The zero-order valence-electron chi connectivity index (χ0n) is 19.8. The molecule has 4 rings (SSSR count). The molecule has 34 heavy (non-hydrogen) atoms. The number of nitrogens with one attached hydrogen (secondary N) is 1. The second kappa shape index (κ2) is 11.1. The molecule has 0 radical (unpaired) electrons. The zero-order chi connectivity index (χ0) is 24.1. The first-order valence-electron chi connectivity index (χ1n) is 12.1. The summed E-state index contributed by atoms with van der Waals surface area (Å²) < 4.78 is 32.2. The molecule has 0 spiro atoms. The number of amides is 2. The van der Waals surface area contributed by atoms with E-state index in [1.54, 1.807) is 12.1 Å². The van der Waals surface area contributed by atoms with Crippen LogP contribution in [0, 0.1) is 0 Å². The molecule has 3 aliphatic heterocycles. The quantitative estimate of drug-likeness (QED) is 0.582. The highest BCUT2D eigenvalue weighted by Gasteiger charge is 2.29. The van der Waals surface area contributed by atoms with Gasteiger partial charge in [-0.25, -0.2) is 8.42 Å². The van der Waals surface area contributed by atoms with E-state index in [4.69, 9.17) is 4.74 Å². The van der Waals surface area contributed by atoms with Gasteiger partial charge in [0.1, 0.15) is 0 Å². The highest BCUT2D eigenvalue weighted by molar-refractivity contribution is 7.89. The number of hydrogen-bond donors (Lipinski definition) is 1. The Morgan fingerprint density at radius 1 is 0.941 bits per heavy atom. The maximum absolute atomic E-state index is 12.8. The summed E-state index contributed by atoms with van der Waals surface area (Å²) in [6.07, 6.45) is 2.19. The van der Waals surface area contributed by atoms with Crippen molar-refractivity contribution in [1.29, 1.82) is 0 Å². The molecule has 0 aliphatic carbocycles. The zero-order valence-corrected chi connectivity index (χ0v) is 20.6. The summed E-state index contributed by atoms with van der Waals surface area (Å²) in [4.78, 5) is 31.6. The SMILES string of the molecule is C[C@@H](C(=O)Nc1ccc(S(=O)(=O)N2CCOCC2)cc1)N1CCN(CC(=O)N2CCCC2)CC1. The van der Waals surface area contributed by atoms with Crippen molar-refractivity contribution in [2.45, 2.75) is 30.7 Å². The first-order chi connectivity index (χ1) is 16.3. The molecular weight excluding hydrogens is 458 g/mol. The van der Waals surface area contributed by atoms with Crippen LogP contribution in [0.5, 0.6) is 0 Å². The van der Waals surface area contributed by atoms with Gasteiger partial charge in [0.25, 0.3) is 0 Å². The molecule has 1 atom stereocenters. The van der Waals surface area contributed by atoms with Crippen LogP contribution in [-0.2, 0) is 24.3 Å². The van der Waals surface area contributed by atoms with Crippen molar-refractivity contribution in [3.05, 3.63) is 24.3 Å². The number of nitrogens with zero attached hydrogens (tertiary/aromatic N) is 4. The number of carbonyl (C=O) groups excluding carboxylic acids is 2. The van der Waals surface area contributed by atoms with Gasteiger partial charge in [0.05, 0.1) is 30.7 Å². The van der Waals surface area contributed by atoms with Crippen LogP contribution in [0.4, 0.5) is 5.69 Å². The number of anilines is 1. The molecule has 0 bridgehead atoms. The second-order valence-electron chi connectivity index (χ2n) is 9.11. The average molecular weight is 494 g/mol. The highest BCUT2D eigenvalue weighted by Crippen LogP contribution is 2.20. The number of sulfonamides is 1. The lowest BCUT2D eigenvalue weighted by Gasteiger charge is -2.37. The summed E-state index contributed by atoms with van der Waals surface area (Å²) in [5.74, 6) is 0.0706. The number of likely N-dealkylation sites (tertiary alicyclic amines) is 1. The molecule has 3 fully saturated rings. The lowest BCUT2D eigenvalue weighted by atomic mass is 10.2. The highest BCUT2D eigenvalue weighted by atomic mass is 32.2. The summed E-state index contributed by atoms with van der Waals surface area (Å²) in [6.45, 7) is 8.50. The van der Waals surface area contributed by atoms with Crippen LogP contribution in [-0.4, -0.2) is 117 Å². The molecule has 3 heterocycles. The summed E-state index contributed by atoms with van der Waals surface area (Å²) >= 11 is 0. The van der Waals surface area contributed by atoms with Gasteiger partial charge >= 0.3 is 0 Å². The third-order valence-electron chi connectivity index (χ3n) is 6.88. The first kappa shape index (κ1) is 25.1. The molecule has 2 amide bonds. The van der Waals surface area contributed by atoms with Crippen molar-refractivity contribution in [2.75, 3.05) is 77.4 Å². The molecular formula is C23H35N5O5S. The average Bonchev–Trinajstić information content (AvgIpc) is 3.40. The molecule has 3 aliphatic rings. The maximum atomic E-state index is 12.8. The van der Waals surface area contributed by atoms with E-state index < -0.39 is 10.0 Å². The van der Waals surface area contributed by atoms with Crippen LogP contribution in [0.15, 0.2) is 29.2 Å². The fraction of sp³-hybridized carbons (Fsp3) is 0.652. The van der Waals surface area contributed by atoms with Crippen molar-refractivity contribution in [2.24, 2.45) is 0 Å². The van der Waals surface area contributed by atoms with E-state index in [1.165, 1.54) is 16.4 Å². The summed E-state index contributed by atoms with van der Waals surface area (Å²) in [7, 11) is -3.56. The van der Waals surface area contributed by atoms with Crippen molar-refractivity contribution in [1.82, 2.24) is 19.0 Å². The van der Waals surface area contributed by atoms with Crippen LogP contribution in [0.25, 0.3) is 0 Å². The molecule has 10 nitrogen and oxygen atoms in total. The van der Waals surface area contributed by atoms with Gasteiger partial charge in [0, 0.05) is 58.0 Å². The van der Waals surface area contributed by atoms with Crippen molar-refractivity contribution < 1.29 is 22.7 Å². The Hall–Kier alpha value is -2.05. The molecule has 1 aromatic carbocycles. The monoisotopic (exact) mass is 493 g/mol. The number of hydrogen-bond acceptors (Lipinski definition) is 7. The van der Waals surface area contributed by atoms with E-state index in [2.05, 4.69) is 15.1 Å². The Bertz CT molecular complexity index is 950. The van der Waals surface area contributed by atoms with Gasteiger partial charge in [-0.3, -0.25) is 19.4 Å². The van der Waals surface area contributed by atoms with Crippen molar-refractivity contribution in [3.63, 3.8) is 0 Å². The minimum Gasteiger partial charge on any atom is -0.379 e. The molecule has 188 valence electrons. The number of rotatable bonds is 7. The fourth-order valence-corrected chi connectivity index (χ4v) is 6.03. The summed E-state index contributed by atoms with van der Waals surface area (Å²) in [5.41, 5.74) is 0.563. The van der Waals surface area contributed by atoms with Crippen LogP contribution in [0.2, 0.25) is 0 Å². The van der Waals surface area contributed by atoms with E-state index in [9.17, 15) is 18.0 Å². The topological polar surface area (TPSA) is 102 Å². The molecule has 1 N–H and O–H groups in total. The van der Waals surface area contributed by atoms with Crippen molar-refractivity contribution in [3.8, 4) is 0 Å². The summed E-state index contributed by atoms with van der Waals surface area (Å²) in [5, 5.41) is 2.89. The molecule has 11 heteroatoms. The van der Waals surface area contributed by atoms with Crippen LogP contribution >= 0.6 is 0 Å². The largest absolute Gasteiger partial charge is 0.379 e. The Morgan fingerprint density at radius 2 is 1.56 bits per heavy atom. The van der Waals surface area contributed by atoms with Crippen LogP contribution < -0.4 is 5.32 Å². The van der Waals surface area contributed by atoms with Crippen LogP contribution in [0.1, 0.15) is 19.8 Å². The van der Waals surface area contributed by atoms with E-state index in [0.717, 1.165) is 52.1 Å². The van der Waals surface area contributed by atoms with Gasteiger partial charge in [-0.15, -0.1) is 0 Å². The summed E-state index contributed by atoms with van der Waals surface area (Å²) in [6, 6.07) is 5.98. The van der Waals surface area contributed by atoms with Gasteiger partial charge in [-0.1, -0.05) is 0 Å². The Kier molecular flexibility index (Phi) is 8.20. The van der Waals surface area contributed by atoms with Gasteiger partial charge in [-0.2, -0.15) is 4.31 Å². The Labute approximate surface area is 201 Å². The minimum atomic E-state index is -3.56. The smallest absolute Gasteiger partial charge is 0.243 e. The molecule has 0 unspecified atom stereocenters. The van der Waals surface area contributed by atoms with Gasteiger partial charge in [0.2, 0.25) is 21.8 Å². The fourth-order valence-electron chi connectivity index (χ4n) is 4.63. The predicted octanol–water partition coefficient (Wildman–Crippen LogP) is 0.275. The molecule has 0 saturated carbocycles. The third kappa shape index (κ3) is 5.95. The van der Waals surface area contributed by atoms with E-state index >= 15 is 0 Å². The number of carbonyl (C=O) groups is 2. The van der Waals surface area contributed by atoms with Gasteiger partial charge < -0.3 is 15.0 Å². The van der Waals surface area contributed by atoms with Crippen molar-refractivity contribution >= 4 is 27.5 Å². The lowest BCUT2D eigenvalue weighted by Crippen LogP contribution is -2.54. The standard InChI is InChI=1S/C23H35N5O5S/c1-19(26-12-10-25(11-13-26)18-22(29)27-8-2-3-9-27)23(30)24-20-4-6-21(7-5-20)34(31,32)28-14-16-33-17-15-28/h4-7,19H,2-3,8-18H2,1H3,(H,24,30)/t19-/m0/s1. The normalized spacial score (nSPS) is 22.0. The molecule has 3 saturated heterocycles.